The highest BCUT2D eigenvalue weighted by Crippen LogP contribution is 2.34. The van der Waals surface area contributed by atoms with Gasteiger partial charge < -0.3 is 9.47 Å². The van der Waals surface area contributed by atoms with Gasteiger partial charge in [0.1, 0.15) is 12.4 Å². The number of carbonyl (C=O) groups is 1. The number of rotatable bonds is 4. The Morgan fingerprint density at radius 1 is 1.04 bits per heavy atom. The summed E-state index contributed by atoms with van der Waals surface area (Å²) in [5.41, 5.74) is 3.68. The van der Waals surface area contributed by atoms with Gasteiger partial charge in [0.05, 0.1) is 17.6 Å². The fraction of sp³-hybridized carbons (Fsp3) is 0.211. The topological polar surface area (TPSA) is 69.7 Å². The van der Waals surface area contributed by atoms with E-state index in [0.29, 0.717) is 5.57 Å². The highest BCUT2D eigenvalue weighted by Gasteiger charge is 2.27. The van der Waals surface area contributed by atoms with Gasteiger partial charge in [-0.15, -0.1) is 0 Å². The second kappa shape index (κ2) is 6.37. The Hall–Kier alpha value is -2.60. The summed E-state index contributed by atoms with van der Waals surface area (Å²) in [6.45, 7) is 2.07. The molecule has 1 aliphatic rings. The Kier molecular flexibility index (Phi) is 4.39. The summed E-state index contributed by atoms with van der Waals surface area (Å²) in [5.74, 6) is 0.363. The van der Waals surface area contributed by atoms with Crippen molar-refractivity contribution < 1.29 is 22.7 Å². The van der Waals surface area contributed by atoms with E-state index in [2.05, 4.69) is 0 Å². The van der Waals surface area contributed by atoms with Crippen molar-refractivity contribution in [1.82, 2.24) is 0 Å². The Balaban J connectivity index is 2.09. The number of carbonyl (C=O) groups excluding carboxylic acids is 1. The van der Waals surface area contributed by atoms with Crippen molar-refractivity contribution in [3.63, 3.8) is 0 Å². The molecule has 0 saturated carbocycles. The Bertz CT molecular complexity index is 969. The molecule has 0 aromatic heterocycles. The Morgan fingerprint density at radius 3 is 2.24 bits per heavy atom. The lowest BCUT2D eigenvalue weighted by Crippen LogP contribution is -1.99. The smallest absolute Gasteiger partial charge is 0.339 e. The van der Waals surface area contributed by atoms with Crippen molar-refractivity contribution in [2.24, 2.45) is 0 Å². The molecule has 2 aromatic carbocycles. The molecule has 0 radical (unpaired) electrons. The average molecular weight is 358 g/mol. The SMILES string of the molecule is COc1ccc(C2=C(c3ccc(S(C)(=O)=O)cc3)COC2=O)cc1C. The van der Waals surface area contributed by atoms with E-state index in [1.165, 1.54) is 12.1 Å². The molecule has 0 atom stereocenters. The maximum absolute atomic E-state index is 12.2. The van der Waals surface area contributed by atoms with Crippen molar-refractivity contribution in [2.45, 2.75) is 11.8 Å². The largest absolute Gasteiger partial charge is 0.496 e. The average Bonchev–Trinajstić information content (AvgIpc) is 2.95. The predicted molar refractivity (Wildman–Crippen MR) is 95.1 cm³/mol. The molecule has 25 heavy (non-hydrogen) atoms. The first-order valence-electron chi connectivity index (χ1n) is 7.67. The number of benzene rings is 2. The minimum absolute atomic E-state index is 0.164. The molecule has 0 amide bonds. The van der Waals surface area contributed by atoms with E-state index in [0.717, 1.165) is 34.3 Å². The van der Waals surface area contributed by atoms with Crippen molar-refractivity contribution in [1.29, 1.82) is 0 Å². The molecule has 6 heteroatoms. The first-order chi connectivity index (χ1) is 11.8. The van der Waals surface area contributed by atoms with Crippen LogP contribution in [0.3, 0.4) is 0 Å². The van der Waals surface area contributed by atoms with Crippen LogP contribution in [-0.4, -0.2) is 34.4 Å². The van der Waals surface area contributed by atoms with Crippen LogP contribution in [-0.2, 0) is 19.4 Å². The van der Waals surface area contributed by atoms with Gasteiger partial charge in [-0.1, -0.05) is 18.2 Å². The number of methoxy groups -OCH3 is 1. The summed E-state index contributed by atoms with van der Waals surface area (Å²) in [4.78, 5) is 12.5. The number of cyclic esters (lactones) is 1. The van der Waals surface area contributed by atoms with E-state index in [1.807, 2.05) is 25.1 Å². The minimum Gasteiger partial charge on any atom is -0.496 e. The van der Waals surface area contributed by atoms with Crippen LogP contribution >= 0.6 is 0 Å². The highest BCUT2D eigenvalue weighted by atomic mass is 32.2. The standard InChI is InChI=1S/C19H18O5S/c1-12-10-14(6-9-17(12)23-2)18-16(11-24-19(18)20)13-4-7-15(8-5-13)25(3,21)22/h4-10H,11H2,1-3H3. The lowest BCUT2D eigenvalue weighted by atomic mass is 9.95. The molecule has 0 fully saturated rings. The molecular formula is C19H18O5S. The summed E-state index contributed by atoms with van der Waals surface area (Å²) < 4.78 is 33.7. The van der Waals surface area contributed by atoms with Crippen LogP contribution in [0.2, 0.25) is 0 Å². The fourth-order valence-electron chi connectivity index (χ4n) is 2.86. The molecule has 2 aromatic rings. The molecule has 0 saturated heterocycles. The van der Waals surface area contributed by atoms with Gasteiger partial charge in [-0.3, -0.25) is 0 Å². The molecule has 0 unspecified atom stereocenters. The zero-order valence-corrected chi connectivity index (χ0v) is 15.0. The lowest BCUT2D eigenvalue weighted by Gasteiger charge is -2.09. The number of ether oxygens (including phenoxy) is 2. The first-order valence-corrected chi connectivity index (χ1v) is 9.56. The van der Waals surface area contributed by atoms with Gasteiger partial charge in [-0.25, -0.2) is 13.2 Å². The Labute approximate surface area is 146 Å². The third-order valence-electron chi connectivity index (χ3n) is 4.17. The van der Waals surface area contributed by atoms with Crippen LogP contribution in [0.15, 0.2) is 47.4 Å². The predicted octanol–water partition coefficient (Wildman–Crippen LogP) is 2.87. The summed E-state index contributed by atoms with van der Waals surface area (Å²) in [6, 6.07) is 12.0. The number of hydrogen-bond donors (Lipinski definition) is 0. The molecular weight excluding hydrogens is 340 g/mol. The summed E-state index contributed by atoms with van der Waals surface area (Å²) in [7, 11) is -1.66. The Morgan fingerprint density at radius 2 is 1.68 bits per heavy atom. The van der Waals surface area contributed by atoms with Crippen LogP contribution in [0.4, 0.5) is 0 Å². The van der Waals surface area contributed by atoms with Gasteiger partial charge in [0, 0.05) is 11.8 Å². The fourth-order valence-corrected chi connectivity index (χ4v) is 3.49. The highest BCUT2D eigenvalue weighted by molar-refractivity contribution is 7.90. The third kappa shape index (κ3) is 3.30. The first kappa shape index (κ1) is 17.2. The van der Waals surface area contributed by atoms with Crippen molar-refractivity contribution in [2.75, 3.05) is 20.0 Å². The van der Waals surface area contributed by atoms with Gasteiger partial charge in [0.25, 0.3) is 0 Å². The molecule has 0 spiro atoms. The van der Waals surface area contributed by atoms with E-state index < -0.39 is 9.84 Å². The van der Waals surface area contributed by atoms with Crippen LogP contribution < -0.4 is 4.74 Å². The van der Waals surface area contributed by atoms with E-state index >= 15 is 0 Å². The molecule has 0 N–H and O–H groups in total. The maximum Gasteiger partial charge on any atom is 0.339 e. The maximum atomic E-state index is 12.2. The second-order valence-electron chi connectivity index (χ2n) is 5.91. The molecule has 5 nitrogen and oxygen atoms in total. The van der Waals surface area contributed by atoms with Gasteiger partial charge >= 0.3 is 5.97 Å². The number of sulfone groups is 1. The zero-order valence-electron chi connectivity index (χ0n) is 14.2. The third-order valence-corrected chi connectivity index (χ3v) is 5.30. The van der Waals surface area contributed by atoms with Crippen LogP contribution in [0.1, 0.15) is 16.7 Å². The van der Waals surface area contributed by atoms with Gasteiger partial charge in [-0.05, 0) is 47.9 Å². The summed E-state index contributed by atoms with van der Waals surface area (Å²) in [5, 5.41) is 0. The van der Waals surface area contributed by atoms with Gasteiger partial charge in [-0.2, -0.15) is 0 Å². The minimum atomic E-state index is -3.26. The van der Waals surface area contributed by atoms with Gasteiger partial charge in [0.2, 0.25) is 0 Å². The molecule has 3 rings (SSSR count). The lowest BCUT2D eigenvalue weighted by molar-refractivity contribution is -0.133. The summed E-state index contributed by atoms with van der Waals surface area (Å²) >= 11 is 0. The molecule has 1 heterocycles. The number of hydrogen-bond acceptors (Lipinski definition) is 5. The van der Waals surface area contributed by atoms with Crippen LogP contribution in [0.5, 0.6) is 5.75 Å². The van der Waals surface area contributed by atoms with E-state index in [1.54, 1.807) is 19.2 Å². The van der Waals surface area contributed by atoms with Gasteiger partial charge in [0.15, 0.2) is 9.84 Å². The quantitative estimate of drug-likeness (QED) is 0.786. The molecule has 1 aliphatic heterocycles. The number of aryl methyl sites for hydroxylation is 1. The molecule has 0 aliphatic carbocycles. The van der Waals surface area contributed by atoms with Crippen molar-refractivity contribution in [3.8, 4) is 5.75 Å². The molecule has 130 valence electrons. The molecule has 0 bridgehead atoms. The van der Waals surface area contributed by atoms with Crippen molar-refractivity contribution in [3.05, 3.63) is 59.2 Å². The van der Waals surface area contributed by atoms with Crippen molar-refractivity contribution >= 4 is 27.0 Å². The zero-order chi connectivity index (χ0) is 18.2. The van der Waals surface area contributed by atoms with Crippen LogP contribution in [0.25, 0.3) is 11.1 Å². The normalized spacial score (nSPS) is 14.6. The van der Waals surface area contributed by atoms with E-state index in [-0.39, 0.29) is 17.5 Å². The number of esters is 1. The monoisotopic (exact) mass is 358 g/mol. The second-order valence-corrected chi connectivity index (χ2v) is 7.93. The van der Waals surface area contributed by atoms with E-state index in [9.17, 15) is 13.2 Å². The summed E-state index contributed by atoms with van der Waals surface area (Å²) in [6.07, 6.45) is 1.16. The van der Waals surface area contributed by atoms with E-state index in [4.69, 9.17) is 9.47 Å². The van der Waals surface area contributed by atoms with Crippen LogP contribution in [0, 0.1) is 6.92 Å².